The number of methoxy groups -OCH3 is 1. The van der Waals surface area contributed by atoms with Crippen molar-refractivity contribution in [1.82, 2.24) is 14.9 Å². The zero-order chi connectivity index (χ0) is 20.1. The number of aryl methyl sites for hydroxylation is 1. The van der Waals surface area contributed by atoms with Crippen LogP contribution in [0.1, 0.15) is 56.6 Å². The van der Waals surface area contributed by atoms with Gasteiger partial charge in [-0.3, -0.25) is 4.90 Å². The van der Waals surface area contributed by atoms with Gasteiger partial charge in [-0.1, -0.05) is 37.3 Å². The van der Waals surface area contributed by atoms with Gasteiger partial charge >= 0.3 is 0 Å². The lowest BCUT2D eigenvalue weighted by molar-refractivity contribution is 0.115. The van der Waals surface area contributed by atoms with Gasteiger partial charge in [-0.25, -0.2) is 0 Å². The first kappa shape index (κ1) is 20.6. The first-order chi connectivity index (χ1) is 13.5. The van der Waals surface area contributed by atoms with E-state index in [-0.39, 0.29) is 18.2 Å². The van der Waals surface area contributed by atoms with Gasteiger partial charge in [-0.2, -0.15) is 9.97 Å². The van der Waals surface area contributed by atoms with E-state index in [9.17, 15) is 0 Å². The third-order valence-electron chi connectivity index (χ3n) is 5.12. The Balaban J connectivity index is 1.98. The molecule has 2 heterocycles. The van der Waals surface area contributed by atoms with Crippen LogP contribution < -0.4 is 15.2 Å². The van der Waals surface area contributed by atoms with E-state index in [1.807, 2.05) is 26.8 Å². The maximum absolute atomic E-state index is 6.55. The Morgan fingerprint density at radius 3 is 2.54 bits per heavy atom. The molecule has 28 heavy (non-hydrogen) atoms. The highest BCUT2D eigenvalue weighted by molar-refractivity contribution is 5.36. The lowest BCUT2D eigenvalue weighted by Crippen LogP contribution is -2.45. The Hall–Kier alpha value is -2.18. The first-order valence-electron chi connectivity index (χ1n) is 10.2. The minimum Gasteiger partial charge on any atom is -0.481 e. The molecule has 0 amide bonds. The molecule has 1 aliphatic heterocycles. The van der Waals surface area contributed by atoms with Crippen LogP contribution in [0.5, 0.6) is 11.8 Å². The van der Waals surface area contributed by atoms with Crippen molar-refractivity contribution in [3.63, 3.8) is 0 Å². The molecule has 0 bridgehead atoms. The van der Waals surface area contributed by atoms with Gasteiger partial charge in [-0.15, -0.1) is 0 Å². The van der Waals surface area contributed by atoms with Crippen molar-refractivity contribution in [3.8, 4) is 11.8 Å². The Morgan fingerprint density at radius 1 is 1.18 bits per heavy atom. The molecule has 0 spiro atoms. The molecule has 3 rings (SSSR count). The summed E-state index contributed by atoms with van der Waals surface area (Å²) in [6.45, 7) is 7.65. The molecule has 152 valence electrons. The smallest absolute Gasteiger partial charge is 0.225 e. The summed E-state index contributed by atoms with van der Waals surface area (Å²) in [6.07, 6.45) is 2.85. The Bertz CT molecular complexity index is 767. The molecular weight excluding hydrogens is 352 g/mol. The number of hydrogen-bond donors (Lipinski definition) is 1. The van der Waals surface area contributed by atoms with Crippen molar-refractivity contribution in [3.05, 3.63) is 47.3 Å². The van der Waals surface area contributed by atoms with Gasteiger partial charge in [-0.05, 0) is 38.8 Å². The molecule has 1 saturated heterocycles. The highest BCUT2D eigenvalue weighted by Crippen LogP contribution is 2.35. The monoisotopic (exact) mass is 384 g/mol. The van der Waals surface area contributed by atoms with Crippen molar-refractivity contribution >= 4 is 0 Å². The number of rotatable bonds is 7. The van der Waals surface area contributed by atoms with Crippen LogP contribution in [-0.4, -0.2) is 40.7 Å². The fourth-order valence-corrected chi connectivity index (χ4v) is 3.86. The van der Waals surface area contributed by atoms with Gasteiger partial charge in [0.25, 0.3) is 0 Å². The van der Waals surface area contributed by atoms with Crippen LogP contribution in [0.4, 0.5) is 0 Å². The standard InChI is InChI=1S/C22H32N4O2/c1-5-19-24-21(27-4)17(22(25-19)28-15(2)3)14-26-13-9-12-18(23)20(26)16-10-7-6-8-11-16/h6-8,10-11,15,18,20H,5,9,12-14,23H2,1-4H3. The fourth-order valence-electron chi connectivity index (χ4n) is 3.86. The summed E-state index contributed by atoms with van der Waals surface area (Å²) in [5.74, 6) is 1.93. The third-order valence-corrected chi connectivity index (χ3v) is 5.12. The van der Waals surface area contributed by atoms with E-state index in [4.69, 9.17) is 15.2 Å². The average Bonchev–Trinajstić information content (AvgIpc) is 2.69. The second-order valence-corrected chi connectivity index (χ2v) is 7.59. The second kappa shape index (κ2) is 9.34. The summed E-state index contributed by atoms with van der Waals surface area (Å²) in [7, 11) is 1.65. The molecule has 0 saturated carbocycles. The largest absolute Gasteiger partial charge is 0.481 e. The van der Waals surface area contributed by atoms with Crippen molar-refractivity contribution in [1.29, 1.82) is 0 Å². The summed E-state index contributed by atoms with van der Waals surface area (Å²) in [5.41, 5.74) is 8.69. The van der Waals surface area contributed by atoms with E-state index < -0.39 is 0 Å². The number of piperidine rings is 1. The third kappa shape index (κ3) is 4.62. The Morgan fingerprint density at radius 2 is 1.89 bits per heavy atom. The number of likely N-dealkylation sites (tertiary alicyclic amines) is 1. The number of nitrogens with zero attached hydrogens (tertiary/aromatic N) is 3. The van der Waals surface area contributed by atoms with E-state index >= 15 is 0 Å². The lowest BCUT2D eigenvalue weighted by atomic mass is 9.90. The first-order valence-corrected chi connectivity index (χ1v) is 10.2. The summed E-state index contributed by atoms with van der Waals surface area (Å²) in [6, 6.07) is 10.7. The van der Waals surface area contributed by atoms with Crippen LogP contribution in [-0.2, 0) is 13.0 Å². The number of aromatic nitrogens is 2. The fraction of sp³-hybridized carbons (Fsp3) is 0.545. The summed E-state index contributed by atoms with van der Waals surface area (Å²) < 4.78 is 11.7. The summed E-state index contributed by atoms with van der Waals surface area (Å²) in [4.78, 5) is 11.6. The topological polar surface area (TPSA) is 73.5 Å². The van der Waals surface area contributed by atoms with Crippen LogP contribution in [0.25, 0.3) is 0 Å². The van der Waals surface area contributed by atoms with E-state index in [1.165, 1.54) is 5.56 Å². The van der Waals surface area contributed by atoms with Gasteiger partial charge in [0, 0.05) is 19.0 Å². The molecule has 0 aliphatic carbocycles. The van der Waals surface area contributed by atoms with Gasteiger partial charge in [0.15, 0.2) is 0 Å². The van der Waals surface area contributed by atoms with E-state index in [2.05, 4.69) is 39.1 Å². The van der Waals surface area contributed by atoms with E-state index in [0.29, 0.717) is 18.3 Å². The van der Waals surface area contributed by atoms with Crippen LogP contribution in [0, 0.1) is 0 Å². The zero-order valence-electron chi connectivity index (χ0n) is 17.4. The predicted molar refractivity (Wildman–Crippen MR) is 111 cm³/mol. The molecule has 1 aromatic heterocycles. The highest BCUT2D eigenvalue weighted by atomic mass is 16.5. The normalized spacial score (nSPS) is 20.4. The average molecular weight is 385 g/mol. The van der Waals surface area contributed by atoms with Crippen molar-refractivity contribution in [2.75, 3.05) is 13.7 Å². The highest BCUT2D eigenvalue weighted by Gasteiger charge is 2.32. The molecule has 2 atom stereocenters. The van der Waals surface area contributed by atoms with Crippen LogP contribution >= 0.6 is 0 Å². The van der Waals surface area contributed by atoms with Crippen LogP contribution in [0.3, 0.4) is 0 Å². The molecule has 1 aliphatic rings. The SMILES string of the molecule is CCc1nc(OC)c(CN2CCCC(N)C2c2ccccc2)c(OC(C)C)n1. The molecule has 2 aromatic rings. The van der Waals surface area contributed by atoms with Crippen molar-refractivity contribution in [2.45, 2.75) is 64.8 Å². The molecular formula is C22H32N4O2. The molecule has 1 fully saturated rings. The molecule has 2 N–H and O–H groups in total. The quantitative estimate of drug-likeness (QED) is 0.788. The summed E-state index contributed by atoms with van der Waals surface area (Å²) >= 11 is 0. The van der Waals surface area contributed by atoms with Gasteiger partial charge < -0.3 is 15.2 Å². The molecule has 2 unspecified atom stereocenters. The number of benzene rings is 1. The van der Waals surface area contributed by atoms with Gasteiger partial charge in [0.1, 0.15) is 5.82 Å². The van der Waals surface area contributed by atoms with Crippen molar-refractivity contribution < 1.29 is 9.47 Å². The predicted octanol–water partition coefficient (Wildman–Crippen LogP) is 3.50. The molecule has 6 heteroatoms. The number of hydrogen-bond acceptors (Lipinski definition) is 6. The van der Waals surface area contributed by atoms with E-state index in [1.54, 1.807) is 7.11 Å². The van der Waals surface area contributed by atoms with Crippen LogP contribution in [0.2, 0.25) is 0 Å². The number of nitrogens with two attached hydrogens (primary N) is 1. The molecule has 6 nitrogen and oxygen atoms in total. The second-order valence-electron chi connectivity index (χ2n) is 7.59. The van der Waals surface area contributed by atoms with Crippen LogP contribution in [0.15, 0.2) is 30.3 Å². The minimum atomic E-state index is 0.0246. The lowest BCUT2D eigenvalue weighted by Gasteiger charge is -2.40. The Labute approximate surface area is 168 Å². The van der Waals surface area contributed by atoms with Gasteiger partial charge in [0.2, 0.25) is 11.8 Å². The summed E-state index contributed by atoms with van der Waals surface area (Å²) in [5, 5.41) is 0. The Kier molecular flexibility index (Phi) is 6.86. The van der Waals surface area contributed by atoms with Gasteiger partial charge in [0.05, 0.1) is 24.8 Å². The zero-order valence-corrected chi connectivity index (χ0v) is 17.4. The molecule has 0 radical (unpaired) electrons. The maximum atomic E-state index is 6.55. The number of ether oxygens (including phenoxy) is 2. The maximum Gasteiger partial charge on any atom is 0.225 e. The van der Waals surface area contributed by atoms with E-state index in [0.717, 1.165) is 37.2 Å². The minimum absolute atomic E-state index is 0.0246. The van der Waals surface area contributed by atoms with Crippen molar-refractivity contribution in [2.24, 2.45) is 5.73 Å². The molecule has 1 aromatic carbocycles.